The van der Waals surface area contributed by atoms with Gasteiger partial charge in [-0.25, -0.2) is 0 Å². The summed E-state index contributed by atoms with van der Waals surface area (Å²) in [4.78, 5) is 0. The van der Waals surface area contributed by atoms with Crippen LogP contribution in [0.4, 0.5) is 0 Å². The lowest BCUT2D eigenvalue weighted by Crippen LogP contribution is -2.56. The summed E-state index contributed by atoms with van der Waals surface area (Å²) in [6, 6.07) is 0. The van der Waals surface area contributed by atoms with Crippen LogP contribution in [0.2, 0.25) is 0 Å². The second-order valence-corrected chi connectivity index (χ2v) is 7.98. The first-order valence-corrected chi connectivity index (χ1v) is 7.70. The molecule has 0 heterocycles. The second kappa shape index (κ2) is 3.73. The van der Waals surface area contributed by atoms with Crippen molar-refractivity contribution in [3.05, 3.63) is 0 Å². The van der Waals surface area contributed by atoms with Gasteiger partial charge in [-0.1, -0.05) is 20.8 Å². The van der Waals surface area contributed by atoms with Crippen molar-refractivity contribution < 1.29 is 0 Å². The van der Waals surface area contributed by atoms with Gasteiger partial charge in [0, 0.05) is 0 Å². The lowest BCUT2D eigenvalue weighted by Gasteiger charge is -2.65. The van der Waals surface area contributed by atoms with Crippen LogP contribution in [0.3, 0.4) is 0 Å². The Morgan fingerprint density at radius 3 is 2.00 bits per heavy atom. The summed E-state index contributed by atoms with van der Waals surface area (Å²) in [6.45, 7) is 8.25. The third-order valence-electron chi connectivity index (χ3n) is 6.78. The van der Waals surface area contributed by atoms with Gasteiger partial charge in [-0.05, 0) is 79.6 Å². The van der Waals surface area contributed by atoms with E-state index in [1.54, 1.807) is 0 Å². The van der Waals surface area contributed by atoms with Crippen LogP contribution in [0, 0.1) is 34.5 Å². The standard InChI is InChI=1S/C16H29N/c1-11(2)15-5-13-4-14(6-15)8-16(7-13,10-15)12(3)9-17/h11-14H,4-10,17H2,1-3H3. The fourth-order valence-corrected chi connectivity index (χ4v) is 5.91. The zero-order valence-corrected chi connectivity index (χ0v) is 11.8. The van der Waals surface area contributed by atoms with Crippen molar-refractivity contribution in [1.82, 2.24) is 0 Å². The van der Waals surface area contributed by atoms with Gasteiger partial charge in [0.2, 0.25) is 0 Å². The molecule has 4 bridgehead atoms. The summed E-state index contributed by atoms with van der Waals surface area (Å²) in [5.74, 6) is 3.68. The summed E-state index contributed by atoms with van der Waals surface area (Å²) in [6.07, 6.45) is 9.07. The lowest BCUT2D eigenvalue weighted by atomic mass is 9.40. The zero-order valence-electron chi connectivity index (χ0n) is 11.8. The molecule has 1 heteroatoms. The Morgan fingerprint density at radius 1 is 1.00 bits per heavy atom. The van der Waals surface area contributed by atoms with Gasteiger partial charge in [-0.3, -0.25) is 0 Å². The van der Waals surface area contributed by atoms with Crippen molar-refractivity contribution >= 4 is 0 Å². The van der Waals surface area contributed by atoms with Crippen LogP contribution in [-0.4, -0.2) is 6.54 Å². The molecule has 0 aliphatic heterocycles. The minimum atomic E-state index is 0.628. The first-order valence-electron chi connectivity index (χ1n) is 7.70. The Balaban J connectivity index is 1.94. The maximum atomic E-state index is 6.01. The Hall–Kier alpha value is -0.0400. The highest BCUT2D eigenvalue weighted by molar-refractivity contribution is 5.09. The molecule has 98 valence electrons. The minimum absolute atomic E-state index is 0.628. The maximum absolute atomic E-state index is 6.01. The summed E-state index contributed by atoms with van der Waals surface area (Å²) in [7, 11) is 0. The monoisotopic (exact) mass is 235 g/mol. The molecule has 3 unspecified atom stereocenters. The van der Waals surface area contributed by atoms with Crippen molar-refractivity contribution in [2.45, 2.75) is 59.3 Å². The van der Waals surface area contributed by atoms with E-state index in [0.29, 0.717) is 10.8 Å². The van der Waals surface area contributed by atoms with E-state index in [1.165, 1.54) is 38.5 Å². The van der Waals surface area contributed by atoms with Crippen LogP contribution in [-0.2, 0) is 0 Å². The van der Waals surface area contributed by atoms with Crippen molar-refractivity contribution in [1.29, 1.82) is 0 Å². The van der Waals surface area contributed by atoms with E-state index in [4.69, 9.17) is 5.73 Å². The molecular weight excluding hydrogens is 206 g/mol. The van der Waals surface area contributed by atoms with Crippen LogP contribution in [0.1, 0.15) is 59.3 Å². The number of rotatable bonds is 3. The molecule has 0 radical (unpaired) electrons. The highest BCUT2D eigenvalue weighted by Gasteiger charge is 2.59. The van der Waals surface area contributed by atoms with Gasteiger partial charge in [-0.2, -0.15) is 0 Å². The molecule has 4 aliphatic rings. The molecule has 0 aromatic carbocycles. The Morgan fingerprint density at radius 2 is 1.53 bits per heavy atom. The number of hydrogen-bond acceptors (Lipinski definition) is 1. The van der Waals surface area contributed by atoms with Gasteiger partial charge < -0.3 is 5.73 Å². The van der Waals surface area contributed by atoms with Crippen LogP contribution >= 0.6 is 0 Å². The van der Waals surface area contributed by atoms with Crippen LogP contribution in [0.5, 0.6) is 0 Å². The topological polar surface area (TPSA) is 26.0 Å². The van der Waals surface area contributed by atoms with E-state index >= 15 is 0 Å². The van der Waals surface area contributed by atoms with E-state index < -0.39 is 0 Å². The Bertz CT molecular complexity index is 293. The molecule has 0 amide bonds. The van der Waals surface area contributed by atoms with Gasteiger partial charge in [-0.15, -0.1) is 0 Å². The second-order valence-electron chi connectivity index (χ2n) is 7.98. The maximum Gasteiger partial charge on any atom is -0.00462 e. The highest BCUT2D eigenvalue weighted by atomic mass is 14.7. The summed E-state index contributed by atoms with van der Waals surface area (Å²) < 4.78 is 0. The quantitative estimate of drug-likeness (QED) is 0.790. The predicted molar refractivity (Wildman–Crippen MR) is 72.6 cm³/mol. The number of hydrogen-bond donors (Lipinski definition) is 1. The molecule has 0 saturated heterocycles. The SMILES string of the molecule is CC(C)C12CC3CC(C1)CC(C(C)CN)(C3)C2. The Kier molecular flexibility index (Phi) is 2.63. The smallest absolute Gasteiger partial charge is 0.00462 e. The van der Waals surface area contributed by atoms with Gasteiger partial charge in [0.15, 0.2) is 0 Å². The fourth-order valence-electron chi connectivity index (χ4n) is 5.91. The van der Waals surface area contributed by atoms with Gasteiger partial charge in [0.1, 0.15) is 0 Å². The van der Waals surface area contributed by atoms with Crippen LogP contribution in [0.25, 0.3) is 0 Å². The average Bonchev–Trinajstić information content (AvgIpc) is 2.26. The molecule has 4 rings (SSSR count). The third-order valence-corrected chi connectivity index (χ3v) is 6.78. The molecule has 4 fully saturated rings. The minimum Gasteiger partial charge on any atom is -0.330 e. The molecular formula is C16H29N. The normalized spacial score (nSPS) is 49.9. The van der Waals surface area contributed by atoms with Crippen molar-refractivity contribution in [3.63, 3.8) is 0 Å². The predicted octanol–water partition coefficient (Wildman–Crippen LogP) is 3.82. The van der Waals surface area contributed by atoms with Gasteiger partial charge in [0.05, 0.1) is 0 Å². The van der Waals surface area contributed by atoms with E-state index in [-0.39, 0.29) is 0 Å². The summed E-state index contributed by atoms with van der Waals surface area (Å²) in [5.41, 5.74) is 7.33. The highest BCUT2D eigenvalue weighted by Crippen LogP contribution is 2.69. The summed E-state index contributed by atoms with van der Waals surface area (Å²) >= 11 is 0. The third kappa shape index (κ3) is 1.61. The van der Waals surface area contributed by atoms with Gasteiger partial charge >= 0.3 is 0 Å². The molecule has 17 heavy (non-hydrogen) atoms. The molecule has 2 N–H and O–H groups in total. The fraction of sp³-hybridized carbons (Fsp3) is 1.00. The van der Waals surface area contributed by atoms with Crippen LogP contribution in [0.15, 0.2) is 0 Å². The summed E-state index contributed by atoms with van der Waals surface area (Å²) in [5, 5.41) is 0. The van der Waals surface area contributed by atoms with Gasteiger partial charge in [0.25, 0.3) is 0 Å². The molecule has 1 nitrogen and oxygen atoms in total. The van der Waals surface area contributed by atoms with Crippen LogP contribution < -0.4 is 5.73 Å². The molecule has 4 saturated carbocycles. The average molecular weight is 235 g/mol. The molecule has 0 aromatic heterocycles. The largest absolute Gasteiger partial charge is 0.330 e. The first kappa shape index (κ1) is 12.0. The van der Waals surface area contributed by atoms with E-state index in [1.807, 2.05) is 0 Å². The van der Waals surface area contributed by atoms with E-state index in [9.17, 15) is 0 Å². The van der Waals surface area contributed by atoms with E-state index in [2.05, 4.69) is 20.8 Å². The number of nitrogens with two attached hydrogens (primary N) is 1. The van der Waals surface area contributed by atoms with E-state index in [0.717, 1.165) is 30.2 Å². The Labute approximate surface area is 107 Å². The molecule has 4 aliphatic carbocycles. The molecule has 0 spiro atoms. The van der Waals surface area contributed by atoms with Crippen molar-refractivity contribution in [2.75, 3.05) is 6.54 Å². The molecule has 3 atom stereocenters. The lowest BCUT2D eigenvalue weighted by molar-refractivity contribution is -0.149. The molecule has 0 aromatic rings. The first-order chi connectivity index (χ1) is 8.00. The van der Waals surface area contributed by atoms with Crippen molar-refractivity contribution in [3.8, 4) is 0 Å². The van der Waals surface area contributed by atoms with Crippen molar-refractivity contribution in [2.24, 2.45) is 40.2 Å². The zero-order chi connectivity index (χ0) is 12.3.